The van der Waals surface area contributed by atoms with E-state index in [9.17, 15) is 9.59 Å². The number of carbonyl (C=O) groups excluding carboxylic acids is 2. The summed E-state index contributed by atoms with van der Waals surface area (Å²) in [6, 6.07) is 5.13. The Hall–Kier alpha value is -2.30. The molecule has 5 heteroatoms. The third-order valence-corrected chi connectivity index (χ3v) is 2.45. The van der Waals surface area contributed by atoms with Crippen molar-refractivity contribution < 1.29 is 19.1 Å². The maximum Gasteiger partial charge on any atom is 0.407 e. The number of aldehydes is 1. The highest BCUT2D eigenvalue weighted by molar-refractivity contribution is 5.77. The number of nitrogens with one attached hydrogen (secondary N) is 1. The number of hydrogen-bond donors (Lipinski definition) is 1. The van der Waals surface area contributed by atoms with E-state index in [1.54, 1.807) is 58.2 Å². The fourth-order valence-corrected chi connectivity index (χ4v) is 1.60. The van der Waals surface area contributed by atoms with E-state index in [0.29, 0.717) is 17.9 Å². The molecule has 0 aliphatic heterocycles. The number of alkyl carbamates (subject to hydrolysis) is 1. The van der Waals surface area contributed by atoms with Crippen LogP contribution in [-0.2, 0) is 4.74 Å². The van der Waals surface area contributed by atoms with E-state index in [4.69, 9.17) is 9.47 Å². The second-order valence-corrected chi connectivity index (χ2v) is 5.40. The topological polar surface area (TPSA) is 64.6 Å². The van der Waals surface area contributed by atoms with Crippen LogP contribution in [0.5, 0.6) is 5.75 Å². The summed E-state index contributed by atoms with van der Waals surface area (Å²) >= 11 is 0. The average Bonchev–Trinajstić information content (AvgIpc) is 2.41. The van der Waals surface area contributed by atoms with Crippen LogP contribution in [0.4, 0.5) is 4.79 Å². The maximum absolute atomic E-state index is 11.5. The standard InChI is InChI=1S/C16H21NO4/c1-16(2,3)21-15(19)17-9-5-6-13-10-12(11-18)7-8-14(13)20-4/h5-8,10-11H,9H2,1-4H3,(H,17,19). The van der Waals surface area contributed by atoms with Crippen molar-refractivity contribution in [2.45, 2.75) is 26.4 Å². The lowest BCUT2D eigenvalue weighted by atomic mass is 10.1. The smallest absolute Gasteiger partial charge is 0.407 e. The van der Waals surface area contributed by atoms with Crippen molar-refractivity contribution in [1.82, 2.24) is 5.32 Å². The van der Waals surface area contributed by atoms with E-state index in [0.717, 1.165) is 11.8 Å². The van der Waals surface area contributed by atoms with E-state index in [1.807, 2.05) is 0 Å². The molecular weight excluding hydrogens is 270 g/mol. The molecule has 0 saturated carbocycles. The predicted octanol–water partition coefficient (Wildman–Crippen LogP) is 3.05. The second kappa shape index (κ2) is 7.47. The van der Waals surface area contributed by atoms with Gasteiger partial charge in [-0.3, -0.25) is 4.79 Å². The molecule has 0 aliphatic carbocycles. The van der Waals surface area contributed by atoms with Gasteiger partial charge in [-0.15, -0.1) is 0 Å². The molecule has 1 rings (SSSR count). The van der Waals surface area contributed by atoms with E-state index < -0.39 is 11.7 Å². The van der Waals surface area contributed by atoms with Crippen LogP contribution < -0.4 is 10.1 Å². The number of rotatable bonds is 5. The Morgan fingerprint density at radius 3 is 2.62 bits per heavy atom. The average molecular weight is 291 g/mol. The van der Waals surface area contributed by atoms with Gasteiger partial charge in [0.15, 0.2) is 0 Å². The van der Waals surface area contributed by atoms with Gasteiger partial charge in [0, 0.05) is 17.7 Å². The minimum absolute atomic E-state index is 0.323. The first kappa shape index (κ1) is 16.8. The third kappa shape index (κ3) is 6.12. The summed E-state index contributed by atoms with van der Waals surface area (Å²) in [6.07, 6.45) is 3.84. The number of carbonyl (C=O) groups is 2. The van der Waals surface area contributed by atoms with Crippen LogP contribution in [0.2, 0.25) is 0 Å². The Kier molecular flexibility index (Phi) is 5.96. The molecule has 21 heavy (non-hydrogen) atoms. The highest BCUT2D eigenvalue weighted by Crippen LogP contribution is 2.20. The molecular formula is C16H21NO4. The summed E-state index contributed by atoms with van der Waals surface area (Å²) in [5.41, 5.74) is 0.818. The van der Waals surface area contributed by atoms with Crippen LogP contribution in [0.1, 0.15) is 36.7 Å². The van der Waals surface area contributed by atoms with Crippen LogP contribution in [0.25, 0.3) is 6.08 Å². The minimum atomic E-state index is -0.519. The normalized spacial score (nSPS) is 11.2. The molecule has 0 aromatic heterocycles. The molecule has 114 valence electrons. The number of methoxy groups -OCH3 is 1. The highest BCUT2D eigenvalue weighted by atomic mass is 16.6. The van der Waals surface area contributed by atoms with Crippen molar-refractivity contribution in [2.24, 2.45) is 0 Å². The van der Waals surface area contributed by atoms with Crippen molar-refractivity contribution in [2.75, 3.05) is 13.7 Å². The lowest BCUT2D eigenvalue weighted by Gasteiger charge is -2.19. The number of benzene rings is 1. The number of amides is 1. The zero-order valence-electron chi connectivity index (χ0n) is 12.8. The van der Waals surface area contributed by atoms with Gasteiger partial charge in [-0.25, -0.2) is 4.79 Å². The van der Waals surface area contributed by atoms with Crippen LogP contribution in [0.3, 0.4) is 0 Å². The molecule has 0 atom stereocenters. The first-order valence-corrected chi connectivity index (χ1v) is 6.62. The zero-order valence-corrected chi connectivity index (χ0v) is 12.8. The monoisotopic (exact) mass is 291 g/mol. The predicted molar refractivity (Wildman–Crippen MR) is 81.7 cm³/mol. The molecule has 1 aromatic rings. The summed E-state index contributed by atoms with van der Waals surface area (Å²) in [5.74, 6) is 0.661. The van der Waals surface area contributed by atoms with Gasteiger partial charge in [0.05, 0.1) is 7.11 Å². The Labute approximate surface area is 124 Å². The summed E-state index contributed by atoms with van der Waals surface area (Å²) in [5, 5.41) is 2.62. The summed E-state index contributed by atoms with van der Waals surface area (Å²) in [7, 11) is 1.56. The molecule has 0 saturated heterocycles. The Bertz CT molecular complexity index is 530. The molecule has 1 amide bonds. The first-order chi connectivity index (χ1) is 9.85. The Morgan fingerprint density at radius 1 is 1.33 bits per heavy atom. The Balaban J connectivity index is 2.61. The molecule has 0 spiro atoms. The van der Waals surface area contributed by atoms with Crippen molar-refractivity contribution in [3.63, 3.8) is 0 Å². The summed E-state index contributed by atoms with van der Waals surface area (Å²) in [6.45, 7) is 5.73. The summed E-state index contributed by atoms with van der Waals surface area (Å²) < 4.78 is 10.3. The quantitative estimate of drug-likeness (QED) is 0.847. The third-order valence-electron chi connectivity index (χ3n) is 2.45. The van der Waals surface area contributed by atoms with Gasteiger partial charge in [-0.1, -0.05) is 12.2 Å². The first-order valence-electron chi connectivity index (χ1n) is 6.62. The van der Waals surface area contributed by atoms with Crippen molar-refractivity contribution in [3.8, 4) is 5.75 Å². The number of ether oxygens (including phenoxy) is 2. The van der Waals surface area contributed by atoms with Gasteiger partial charge in [0.25, 0.3) is 0 Å². The molecule has 0 fully saturated rings. The zero-order chi connectivity index (χ0) is 15.9. The van der Waals surface area contributed by atoms with Crippen molar-refractivity contribution in [3.05, 3.63) is 35.4 Å². The molecule has 0 bridgehead atoms. The fourth-order valence-electron chi connectivity index (χ4n) is 1.60. The van der Waals surface area contributed by atoms with Crippen LogP contribution >= 0.6 is 0 Å². The van der Waals surface area contributed by atoms with Crippen LogP contribution in [-0.4, -0.2) is 31.6 Å². The fraction of sp³-hybridized carbons (Fsp3) is 0.375. The molecule has 0 aliphatic rings. The van der Waals surface area contributed by atoms with Crippen molar-refractivity contribution >= 4 is 18.5 Å². The van der Waals surface area contributed by atoms with Gasteiger partial charge in [0.2, 0.25) is 0 Å². The van der Waals surface area contributed by atoms with Gasteiger partial charge < -0.3 is 14.8 Å². The van der Waals surface area contributed by atoms with E-state index >= 15 is 0 Å². The minimum Gasteiger partial charge on any atom is -0.496 e. The summed E-state index contributed by atoms with van der Waals surface area (Å²) in [4.78, 5) is 22.2. The van der Waals surface area contributed by atoms with Gasteiger partial charge in [-0.05, 0) is 39.0 Å². The van der Waals surface area contributed by atoms with E-state index in [-0.39, 0.29) is 0 Å². The van der Waals surface area contributed by atoms with Gasteiger partial charge >= 0.3 is 6.09 Å². The van der Waals surface area contributed by atoms with E-state index in [1.165, 1.54) is 0 Å². The second-order valence-electron chi connectivity index (χ2n) is 5.40. The molecule has 0 unspecified atom stereocenters. The van der Waals surface area contributed by atoms with E-state index in [2.05, 4.69) is 5.32 Å². The highest BCUT2D eigenvalue weighted by Gasteiger charge is 2.14. The lowest BCUT2D eigenvalue weighted by Crippen LogP contribution is -2.32. The maximum atomic E-state index is 11.5. The molecule has 5 nitrogen and oxygen atoms in total. The van der Waals surface area contributed by atoms with Crippen LogP contribution in [0, 0.1) is 0 Å². The molecule has 1 aromatic carbocycles. The number of hydrogen-bond acceptors (Lipinski definition) is 4. The van der Waals surface area contributed by atoms with Gasteiger partial charge in [0.1, 0.15) is 17.6 Å². The molecule has 0 heterocycles. The largest absolute Gasteiger partial charge is 0.496 e. The van der Waals surface area contributed by atoms with Crippen LogP contribution in [0.15, 0.2) is 24.3 Å². The SMILES string of the molecule is COc1ccc(C=O)cc1C=CCNC(=O)OC(C)(C)C. The molecule has 0 radical (unpaired) electrons. The lowest BCUT2D eigenvalue weighted by molar-refractivity contribution is 0.0534. The van der Waals surface area contributed by atoms with Gasteiger partial charge in [-0.2, -0.15) is 0 Å². The Morgan fingerprint density at radius 2 is 2.05 bits per heavy atom. The van der Waals surface area contributed by atoms with Crippen molar-refractivity contribution in [1.29, 1.82) is 0 Å². The molecule has 1 N–H and O–H groups in total.